The first-order valence-electron chi connectivity index (χ1n) is 10.6. The second-order valence-corrected chi connectivity index (χ2v) is 10.9. The number of thiophene rings is 1. The van der Waals surface area contributed by atoms with Crippen LogP contribution in [0.15, 0.2) is 48.5 Å². The number of anilines is 1. The number of carbonyl (C=O) groups excluding carboxylic acids is 1. The second kappa shape index (κ2) is 8.04. The fraction of sp³-hybridized carbons (Fsp3) is 0.208. The molecule has 32 heavy (non-hydrogen) atoms. The highest BCUT2D eigenvalue weighted by atomic mass is 32.1. The Morgan fingerprint density at radius 2 is 1.72 bits per heavy atom. The van der Waals surface area contributed by atoms with Gasteiger partial charge in [-0.05, 0) is 42.8 Å². The molecule has 6 rings (SSSR count). The maximum absolute atomic E-state index is 13.2. The van der Waals surface area contributed by atoms with Gasteiger partial charge in [0.15, 0.2) is 5.01 Å². The van der Waals surface area contributed by atoms with Gasteiger partial charge in [0, 0.05) is 23.5 Å². The van der Waals surface area contributed by atoms with Gasteiger partial charge in [-0.2, -0.15) is 0 Å². The lowest BCUT2D eigenvalue weighted by atomic mass is 10.0. The van der Waals surface area contributed by atoms with E-state index in [-0.39, 0.29) is 5.91 Å². The van der Waals surface area contributed by atoms with Crippen LogP contribution in [-0.2, 0) is 13.0 Å². The van der Waals surface area contributed by atoms with Crippen LogP contribution in [0.4, 0.5) is 5.00 Å². The molecule has 8 heteroatoms. The van der Waals surface area contributed by atoms with Crippen LogP contribution in [-0.4, -0.2) is 33.9 Å². The Balaban J connectivity index is 1.43. The van der Waals surface area contributed by atoms with Gasteiger partial charge >= 0.3 is 0 Å². The number of carbonyl (C=O) groups is 1. The van der Waals surface area contributed by atoms with E-state index in [1.165, 1.54) is 21.8 Å². The average Bonchev–Trinajstić information content (AvgIpc) is 3.52. The quantitative estimate of drug-likeness (QED) is 0.332. The summed E-state index contributed by atoms with van der Waals surface area (Å²) in [4.78, 5) is 26.4. The van der Waals surface area contributed by atoms with E-state index >= 15 is 0 Å². The smallest absolute Gasteiger partial charge is 0.285 e. The first-order chi connectivity index (χ1) is 15.7. The van der Waals surface area contributed by atoms with Crippen LogP contribution >= 0.6 is 34.0 Å². The van der Waals surface area contributed by atoms with Crippen molar-refractivity contribution in [2.24, 2.45) is 0 Å². The number of rotatable bonds is 4. The van der Waals surface area contributed by atoms with Gasteiger partial charge < -0.3 is 5.32 Å². The first-order valence-corrected chi connectivity index (χ1v) is 13.0. The third kappa shape index (κ3) is 3.44. The Kier molecular flexibility index (Phi) is 5.02. The highest BCUT2D eigenvalue weighted by Gasteiger charge is 2.28. The van der Waals surface area contributed by atoms with Gasteiger partial charge in [0.05, 0.1) is 20.4 Å². The van der Waals surface area contributed by atoms with Crippen LogP contribution in [0.25, 0.3) is 31.0 Å². The van der Waals surface area contributed by atoms with Crippen molar-refractivity contribution in [1.82, 2.24) is 14.9 Å². The fourth-order valence-electron chi connectivity index (χ4n) is 4.15. The summed E-state index contributed by atoms with van der Waals surface area (Å²) in [5.41, 5.74) is 4.29. The van der Waals surface area contributed by atoms with E-state index in [0.717, 1.165) is 62.1 Å². The Morgan fingerprint density at radius 3 is 2.44 bits per heavy atom. The zero-order valence-corrected chi connectivity index (χ0v) is 19.9. The van der Waals surface area contributed by atoms with E-state index < -0.39 is 0 Å². The minimum absolute atomic E-state index is 0.153. The molecule has 1 amide bonds. The van der Waals surface area contributed by atoms with Gasteiger partial charge in [-0.3, -0.25) is 9.69 Å². The Labute approximate surface area is 197 Å². The molecule has 0 bridgehead atoms. The molecule has 0 unspecified atom stereocenters. The number of thiazole rings is 2. The lowest BCUT2D eigenvalue weighted by molar-refractivity contribution is 0.102. The van der Waals surface area contributed by atoms with Gasteiger partial charge in [0.1, 0.15) is 10.0 Å². The summed E-state index contributed by atoms with van der Waals surface area (Å²) in [6.07, 6.45) is 0.974. The monoisotopic (exact) mass is 476 g/mol. The van der Waals surface area contributed by atoms with Crippen molar-refractivity contribution in [2.75, 3.05) is 18.4 Å². The normalized spacial score (nSPS) is 14.2. The molecule has 1 N–H and O–H groups in total. The summed E-state index contributed by atoms with van der Waals surface area (Å²) >= 11 is 4.81. The molecule has 3 aromatic heterocycles. The molecule has 0 saturated heterocycles. The third-order valence-electron chi connectivity index (χ3n) is 5.81. The van der Waals surface area contributed by atoms with E-state index in [2.05, 4.69) is 28.2 Å². The van der Waals surface area contributed by atoms with E-state index in [4.69, 9.17) is 4.98 Å². The topological polar surface area (TPSA) is 58.1 Å². The number of hydrogen-bond donors (Lipinski definition) is 1. The minimum Gasteiger partial charge on any atom is -0.311 e. The van der Waals surface area contributed by atoms with Gasteiger partial charge in [0.2, 0.25) is 0 Å². The van der Waals surface area contributed by atoms with Crippen molar-refractivity contribution in [3.05, 3.63) is 64.0 Å². The van der Waals surface area contributed by atoms with Crippen molar-refractivity contribution in [2.45, 2.75) is 19.9 Å². The Hall–Kier alpha value is -2.65. The SMILES string of the molecule is CCN1CCc2c(sc(NC(=O)c3nc4ccccc4s3)c2-c2nc3ccccc3s2)C1. The predicted octanol–water partition coefficient (Wildman–Crippen LogP) is 6.26. The average molecular weight is 477 g/mol. The van der Waals surface area contributed by atoms with E-state index in [1.807, 2.05) is 42.5 Å². The van der Waals surface area contributed by atoms with Gasteiger partial charge in [-0.1, -0.05) is 31.2 Å². The van der Waals surface area contributed by atoms with Crippen LogP contribution in [0.1, 0.15) is 27.2 Å². The van der Waals surface area contributed by atoms with Crippen molar-refractivity contribution in [3.63, 3.8) is 0 Å². The van der Waals surface area contributed by atoms with Crippen LogP contribution < -0.4 is 5.32 Å². The van der Waals surface area contributed by atoms with Crippen molar-refractivity contribution in [1.29, 1.82) is 0 Å². The first kappa shape index (κ1) is 20.0. The molecular weight excluding hydrogens is 456 g/mol. The highest BCUT2D eigenvalue weighted by molar-refractivity contribution is 7.23. The van der Waals surface area contributed by atoms with Crippen molar-refractivity contribution in [3.8, 4) is 10.6 Å². The molecule has 4 heterocycles. The summed E-state index contributed by atoms with van der Waals surface area (Å²) in [7, 11) is 0. The van der Waals surface area contributed by atoms with E-state index in [0.29, 0.717) is 5.01 Å². The van der Waals surface area contributed by atoms with Crippen LogP contribution in [0.5, 0.6) is 0 Å². The van der Waals surface area contributed by atoms with Crippen molar-refractivity contribution >= 4 is 65.4 Å². The number of likely N-dealkylation sites (N-methyl/N-ethyl adjacent to an activating group) is 1. The molecule has 0 fully saturated rings. The lowest BCUT2D eigenvalue weighted by Gasteiger charge is -2.25. The molecule has 5 aromatic rings. The number of amides is 1. The number of para-hydroxylation sites is 2. The number of benzene rings is 2. The van der Waals surface area contributed by atoms with Crippen molar-refractivity contribution < 1.29 is 4.79 Å². The Bertz CT molecular complexity index is 1400. The van der Waals surface area contributed by atoms with Gasteiger partial charge in [0.25, 0.3) is 5.91 Å². The zero-order valence-electron chi connectivity index (χ0n) is 17.4. The summed E-state index contributed by atoms with van der Waals surface area (Å²) < 4.78 is 2.19. The number of nitrogens with one attached hydrogen (secondary N) is 1. The standard InChI is InChI=1S/C24H20N4OS3/c1-2-28-12-11-14-19(13-28)32-23(20(14)22-25-15-7-3-5-9-17(15)30-22)27-21(29)24-26-16-8-4-6-10-18(16)31-24/h3-10H,2,11-13H2,1H3,(H,27,29). The molecule has 0 aliphatic carbocycles. The molecule has 0 saturated carbocycles. The van der Waals surface area contributed by atoms with Crippen LogP contribution in [0.3, 0.4) is 0 Å². The fourth-order valence-corrected chi connectivity index (χ4v) is 7.40. The molecule has 0 atom stereocenters. The minimum atomic E-state index is -0.153. The lowest BCUT2D eigenvalue weighted by Crippen LogP contribution is -2.29. The van der Waals surface area contributed by atoms with Crippen LogP contribution in [0.2, 0.25) is 0 Å². The van der Waals surface area contributed by atoms with Gasteiger partial charge in [-0.15, -0.1) is 34.0 Å². The summed E-state index contributed by atoms with van der Waals surface area (Å²) in [5.74, 6) is -0.153. The number of nitrogens with zero attached hydrogens (tertiary/aromatic N) is 3. The summed E-state index contributed by atoms with van der Waals surface area (Å²) in [5, 5.41) is 5.55. The van der Waals surface area contributed by atoms with E-state index in [9.17, 15) is 4.79 Å². The van der Waals surface area contributed by atoms with Gasteiger partial charge in [-0.25, -0.2) is 9.97 Å². The predicted molar refractivity (Wildman–Crippen MR) is 135 cm³/mol. The maximum atomic E-state index is 13.2. The summed E-state index contributed by atoms with van der Waals surface area (Å²) in [6, 6.07) is 16.1. The molecular formula is C24H20N4OS3. The highest BCUT2D eigenvalue weighted by Crippen LogP contribution is 2.45. The second-order valence-electron chi connectivity index (χ2n) is 7.75. The van der Waals surface area contributed by atoms with E-state index in [1.54, 1.807) is 22.7 Å². The molecule has 1 aliphatic heterocycles. The molecule has 160 valence electrons. The summed E-state index contributed by atoms with van der Waals surface area (Å²) in [6.45, 7) is 5.18. The zero-order chi connectivity index (χ0) is 21.7. The molecule has 0 radical (unpaired) electrons. The van der Waals surface area contributed by atoms with Crippen LogP contribution in [0, 0.1) is 0 Å². The Morgan fingerprint density at radius 1 is 1.00 bits per heavy atom. The molecule has 0 spiro atoms. The number of aromatic nitrogens is 2. The number of fused-ring (bicyclic) bond motifs is 3. The maximum Gasteiger partial charge on any atom is 0.285 e. The third-order valence-corrected chi connectivity index (χ3v) is 9.03. The molecule has 1 aliphatic rings. The largest absolute Gasteiger partial charge is 0.311 e. The molecule has 2 aromatic carbocycles. The number of hydrogen-bond acceptors (Lipinski definition) is 7. The molecule has 5 nitrogen and oxygen atoms in total.